The number of hydrogen-bond donors (Lipinski definition) is 0. The summed E-state index contributed by atoms with van der Waals surface area (Å²) in [5, 5.41) is 8.11. The molecule has 176 valence electrons. The first kappa shape index (κ1) is 23.5. The van der Waals surface area contributed by atoms with Crippen molar-refractivity contribution in [3.63, 3.8) is 0 Å². The largest absolute Gasteiger partial charge is 0.496 e. The van der Waals surface area contributed by atoms with Gasteiger partial charge in [-0.1, -0.05) is 21.1 Å². The highest BCUT2D eigenvalue weighted by molar-refractivity contribution is 9.10. The van der Waals surface area contributed by atoms with Crippen molar-refractivity contribution in [1.82, 2.24) is 20.0 Å². The van der Waals surface area contributed by atoms with Crippen molar-refractivity contribution in [3.05, 3.63) is 69.8 Å². The van der Waals surface area contributed by atoms with Crippen LogP contribution in [0.25, 0.3) is 17.1 Å². The predicted molar refractivity (Wildman–Crippen MR) is 127 cm³/mol. The second-order valence-corrected chi connectivity index (χ2v) is 8.22. The molecule has 0 amide bonds. The number of aryl methyl sites for hydroxylation is 1. The summed E-state index contributed by atoms with van der Waals surface area (Å²) < 4.78 is 24.6. The Labute approximate surface area is 204 Å². The normalized spacial score (nSPS) is 10.9. The van der Waals surface area contributed by atoms with Gasteiger partial charge in [0.05, 0.1) is 30.7 Å². The maximum absolute atomic E-state index is 12.7. The topological polar surface area (TPSA) is 102 Å². The van der Waals surface area contributed by atoms with Gasteiger partial charge < -0.3 is 18.6 Å². The van der Waals surface area contributed by atoms with Gasteiger partial charge in [0.15, 0.2) is 5.69 Å². The number of hydrogen-bond acceptors (Lipinski definition) is 8. The average molecular weight is 527 g/mol. The summed E-state index contributed by atoms with van der Waals surface area (Å²) in [7, 11) is 1.58. The number of rotatable bonds is 8. The minimum atomic E-state index is -0.598. The van der Waals surface area contributed by atoms with Crippen LogP contribution in [0.4, 0.5) is 0 Å². The van der Waals surface area contributed by atoms with Crippen LogP contribution in [-0.2, 0) is 11.3 Å². The van der Waals surface area contributed by atoms with Gasteiger partial charge in [0.25, 0.3) is 0 Å². The first-order valence-corrected chi connectivity index (χ1v) is 11.3. The first-order chi connectivity index (χ1) is 16.4. The fourth-order valence-electron chi connectivity index (χ4n) is 3.34. The van der Waals surface area contributed by atoms with E-state index in [9.17, 15) is 4.79 Å². The summed E-state index contributed by atoms with van der Waals surface area (Å²) in [5.41, 5.74) is 2.63. The number of methoxy groups -OCH3 is 1. The van der Waals surface area contributed by atoms with Gasteiger partial charge in [0.1, 0.15) is 29.6 Å². The molecule has 10 heteroatoms. The first-order valence-electron chi connectivity index (χ1n) is 10.5. The van der Waals surface area contributed by atoms with Gasteiger partial charge in [0, 0.05) is 4.47 Å². The second kappa shape index (κ2) is 10.1. The number of benzene rings is 2. The molecule has 9 nitrogen and oxygen atoms in total. The Morgan fingerprint density at radius 2 is 1.91 bits per heavy atom. The lowest BCUT2D eigenvalue weighted by Gasteiger charge is -2.06. The summed E-state index contributed by atoms with van der Waals surface area (Å²) in [6.45, 7) is 5.95. The molecule has 0 saturated heterocycles. The highest BCUT2D eigenvalue weighted by atomic mass is 79.9. The molecule has 0 N–H and O–H groups in total. The van der Waals surface area contributed by atoms with E-state index in [0.717, 1.165) is 15.9 Å². The van der Waals surface area contributed by atoms with Gasteiger partial charge in [-0.3, -0.25) is 0 Å². The number of halogens is 1. The number of carbonyl (C=O) groups excluding carboxylic acids is 1. The molecule has 4 rings (SSSR count). The number of ether oxygens (including phenoxy) is 3. The van der Waals surface area contributed by atoms with Crippen molar-refractivity contribution < 1.29 is 23.4 Å². The Bertz CT molecular complexity index is 1310. The SMILES string of the molecule is CCOc1ccc(-n2nnc(C(=O)OCc3nc(-c4cc(Br)ccc4OC)oc3C)c2C)cc1. The Hall–Kier alpha value is -3.66. The van der Waals surface area contributed by atoms with Gasteiger partial charge in [-0.05, 0) is 63.2 Å². The standard InChI is InChI=1S/C24H23BrN4O5/c1-5-32-18-9-7-17(8-10-18)29-14(2)22(27-28-29)24(30)33-13-20-15(3)34-23(26-20)19-12-16(25)6-11-21(19)31-4/h6-12H,5,13H2,1-4H3. The van der Waals surface area contributed by atoms with Crippen LogP contribution in [0.1, 0.15) is 34.6 Å². The maximum atomic E-state index is 12.7. The molecule has 34 heavy (non-hydrogen) atoms. The van der Waals surface area contributed by atoms with Crippen LogP contribution < -0.4 is 9.47 Å². The van der Waals surface area contributed by atoms with Gasteiger partial charge >= 0.3 is 5.97 Å². The van der Waals surface area contributed by atoms with Crippen molar-refractivity contribution in [2.24, 2.45) is 0 Å². The second-order valence-electron chi connectivity index (χ2n) is 7.30. The van der Waals surface area contributed by atoms with E-state index < -0.39 is 5.97 Å². The molecule has 0 aliphatic heterocycles. The third-order valence-electron chi connectivity index (χ3n) is 5.10. The molecule has 0 atom stereocenters. The lowest BCUT2D eigenvalue weighted by atomic mass is 10.2. The van der Waals surface area contributed by atoms with Crippen LogP contribution in [-0.4, -0.2) is 39.7 Å². The van der Waals surface area contributed by atoms with E-state index in [2.05, 4.69) is 31.2 Å². The average Bonchev–Trinajstić information content (AvgIpc) is 3.40. The molecule has 2 aromatic carbocycles. The van der Waals surface area contributed by atoms with Crippen molar-refractivity contribution in [2.45, 2.75) is 27.4 Å². The third-order valence-corrected chi connectivity index (χ3v) is 5.60. The predicted octanol–water partition coefficient (Wildman–Crippen LogP) is 5.07. The molecule has 0 bridgehead atoms. The fourth-order valence-corrected chi connectivity index (χ4v) is 3.70. The van der Waals surface area contributed by atoms with Crippen LogP contribution in [0.15, 0.2) is 51.4 Å². The third kappa shape index (κ3) is 4.81. The van der Waals surface area contributed by atoms with Gasteiger partial charge in [0.2, 0.25) is 5.89 Å². The zero-order chi connectivity index (χ0) is 24.2. The Morgan fingerprint density at radius 3 is 2.62 bits per heavy atom. The molecule has 4 aromatic rings. The van der Waals surface area contributed by atoms with Crippen LogP contribution >= 0.6 is 15.9 Å². The summed E-state index contributed by atoms with van der Waals surface area (Å²) in [4.78, 5) is 17.2. The molecule has 0 radical (unpaired) electrons. The monoisotopic (exact) mass is 526 g/mol. The lowest BCUT2D eigenvalue weighted by molar-refractivity contribution is 0.0459. The highest BCUT2D eigenvalue weighted by Crippen LogP contribution is 2.33. The van der Waals surface area contributed by atoms with Crippen LogP contribution in [0.3, 0.4) is 0 Å². The van der Waals surface area contributed by atoms with Gasteiger partial charge in [-0.25, -0.2) is 14.5 Å². The molecule has 0 aliphatic rings. The number of esters is 1. The van der Waals surface area contributed by atoms with E-state index in [1.54, 1.807) is 25.6 Å². The number of oxazole rings is 1. The van der Waals surface area contributed by atoms with Gasteiger partial charge in [-0.15, -0.1) is 5.10 Å². The van der Waals surface area contributed by atoms with Crippen molar-refractivity contribution in [1.29, 1.82) is 0 Å². The van der Waals surface area contributed by atoms with E-state index in [-0.39, 0.29) is 12.3 Å². The summed E-state index contributed by atoms with van der Waals surface area (Å²) in [6.07, 6.45) is 0. The molecule has 2 aromatic heterocycles. The van der Waals surface area contributed by atoms with E-state index in [0.29, 0.717) is 41.0 Å². The molecular weight excluding hydrogens is 504 g/mol. The number of aromatic nitrogens is 4. The van der Waals surface area contributed by atoms with Gasteiger partial charge in [-0.2, -0.15) is 0 Å². The molecule has 0 aliphatic carbocycles. The number of carbonyl (C=O) groups is 1. The van der Waals surface area contributed by atoms with E-state index in [1.165, 1.54) is 0 Å². The van der Waals surface area contributed by atoms with Crippen molar-refractivity contribution in [2.75, 3.05) is 13.7 Å². The van der Waals surface area contributed by atoms with Crippen LogP contribution in [0.5, 0.6) is 11.5 Å². The highest BCUT2D eigenvalue weighted by Gasteiger charge is 2.21. The zero-order valence-corrected chi connectivity index (χ0v) is 20.7. The molecule has 0 saturated carbocycles. The molecule has 0 unspecified atom stereocenters. The van der Waals surface area contributed by atoms with E-state index >= 15 is 0 Å². The van der Waals surface area contributed by atoms with E-state index in [1.807, 2.05) is 49.4 Å². The summed E-state index contributed by atoms with van der Waals surface area (Å²) >= 11 is 3.44. The fraction of sp³-hybridized carbons (Fsp3) is 0.250. The molecule has 0 spiro atoms. The molecule has 2 heterocycles. The number of nitrogens with zero attached hydrogens (tertiary/aromatic N) is 4. The minimum Gasteiger partial charge on any atom is -0.496 e. The Kier molecular flexibility index (Phi) is 6.97. The molecule has 0 fully saturated rings. The lowest BCUT2D eigenvalue weighted by Crippen LogP contribution is -2.09. The quantitative estimate of drug-likeness (QED) is 0.293. The van der Waals surface area contributed by atoms with E-state index in [4.69, 9.17) is 18.6 Å². The van der Waals surface area contributed by atoms with Crippen LogP contribution in [0.2, 0.25) is 0 Å². The van der Waals surface area contributed by atoms with Crippen molar-refractivity contribution in [3.8, 4) is 28.6 Å². The Morgan fingerprint density at radius 1 is 1.15 bits per heavy atom. The maximum Gasteiger partial charge on any atom is 0.361 e. The van der Waals surface area contributed by atoms with Crippen LogP contribution in [0, 0.1) is 13.8 Å². The van der Waals surface area contributed by atoms with Crippen molar-refractivity contribution >= 4 is 21.9 Å². The summed E-state index contributed by atoms with van der Waals surface area (Å²) in [6, 6.07) is 12.9. The Balaban J connectivity index is 1.48. The minimum absolute atomic E-state index is 0.0696. The molecular formula is C24H23BrN4O5. The summed E-state index contributed by atoms with van der Waals surface area (Å²) in [5.74, 6) is 1.69. The zero-order valence-electron chi connectivity index (χ0n) is 19.2. The smallest absolute Gasteiger partial charge is 0.361 e.